The van der Waals surface area contributed by atoms with Gasteiger partial charge in [-0.2, -0.15) is 9.40 Å². The fourth-order valence-electron chi connectivity index (χ4n) is 3.87. The smallest absolute Gasteiger partial charge is 0.246 e. The molecule has 9 heteroatoms. The molecule has 0 atom stereocenters. The van der Waals surface area contributed by atoms with E-state index < -0.39 is 10.0 Å². The van der Waals surface area contributed by atoms with E-state index in [1.54, 1.807) is 36.6 Å². The molecule has 0 spiro atoms. The minimum Gasteiger partial charge on any atom is -0.496 e. The van der Waals surface area contributed by atoms with E-state index in [1.807, 2.05) is 38.1 Å². The summed E-state index contributed by atoms with van der Waals surface area (Å²) in [7, 11) is -2.09. The van der Waals surface area contributed by atoms with E-state index >= 15 is 0 Å². The van der Waals surface area contributed by atoms with E-state index in [1.165, 1.54) is 10.4 Å². The summed E-state index contributed by atoms with van der Waals surface area (Å²) in [4.78, 5) is 14.5. The zero-order valence-corrected chi connectivity index (χ0v) is 19.5. The minimum absolute atomic E-state index is 0.0761. The molecule has 2 heterocycles. The minimum atomic E-state index is -3.67. The summed E-state index contributed by atoms with van der Waals surface area (Å²) in [5.74, 6) is 0.540. The Morgan fingerprint density at radius 3 is 2.35 bits per heavy atom. The number of carbonyl (C=O) groups excluding carboxylic acids is 1. The van der Waals surface area contributed by atoms with Crippen LogP contribution in [0.2, 0.25) is 0 Å². The summed E-state index contributed by atoms with van der Waals surface area (Å²) in [5, 5.41) is 4.41. The van der Waals surface area contributed by atoms with Crippen LogP contribution < -0.4 is 4.74 Å². The summed E-state index contributed by atoms with van der Waals surface area (Å²) in [6, 6.07) is 7.52. The lowest BCUT2D eigenvalue weighted by Crippen LogP contribution is -2.50. The van der Waals surface area contributed by atoms with Crippen molar-refractivity contribution in [3.8, 4) is 5.75 Å². The fraction of sp³-hybridized carbons (Fsp3) is 0.455. The molecular formula is C22H30N4O4S. The van der Waals surface area contributed by atoms with Crippen molar-refractivity contribution >= 4 is 22.0 Å². The highest BCUT2D eigenvalue weighted by Gasteiger charge is 2.34. The molecule has 168 valence electrons. The number of aromatic nitrogens is 2. The third-order valence-electron chi connectivity index (χ3n) is 5.44. The molecule has 0 N–H and O–H groups in total. The largest absolute Gasteiger partial charge is 0.496 e. The van der Waals surface area contributed by atoms with Crippen LogP contribution in [0.5, 0.6) is 5.75 Å². The van der Waals surface area contributed by atoms with E-state index in [9.17, 15) is 13.2 Å². The van der Waals surface area contributed by atoms with Crippen molar-refractivity contribution in [1.29, 1.82) is 0 Å². The maximum Gasteiger partial charge on any atom is 0.246 e. The molecule has 1 aromatic heterocycles. The van der Waals surface area contributed by atoms with Gasteiger partial charge in [0.25, 0.3) is 0 Å². The highest BCUT2D eigenvalue weighted by atomic mass is 32.2. The molecule has 31 heavy (non-hydrogen) atoms. The summed E-state index contributed by atoms with van der Waals surface area (Å²) < 4.78 is 35.0. The third kappa shape index (κ3) is 4.67. The lowest BCUT2D eigenvalue weighted by molar-refractivity contribution is -0.127. The Balaban J connectivity index is 1.69. The number of hydrogen-bond donors (Lipinski definition) is 0. The summed E-state index contributed by atoms with van der Waals surface area (Å²) in [6.07, 6.45) is 3.22. The summed E-state index contributed by atoms with van der Waals surface area (Å²) in [5.41, 5.74) is 1.96. The Hall–Kier alpha value is -2.65. The van der Waals surface area contributed by atoms with Crippen molar-refractivity contribution in [3.63, 3.8) is 0 Å². The zero-order valence-electron chi connectivity index (χ0n) is 18.7. The number of amides is 1. The van der Waals surface area contributed by atoms with E-state index in [0.717, 1.165) is 5.56 Å². The maximum atomic E-state index is 13.3. The maximum absolute atomic E-state index is 13.3. The van der Waals surface area contributed by atoms with Crippen molar-refractivity contribution in [2.24, 2.45) is 0 Å². The molecule has 1 saturated heterocycles. The standard InChI is InChI=1S/C22H30N4O4S/c1-16(2)26-18(4)22(17(3)23-26)31(28,29)25-14-12-24(13-15-25)21(27)11-10-19-8-6-7-9-20(19)30-5/h6-11,16H,12-15H2,1-5H3/b11-10+. The zero-order chi connectivity index (χ0) is 22.8. The SMILES string of the molecule is COc1ccccc1/C=C/C(=O)N1CCN(S(=O)(=O)c2c(C)nn(C(C)C)c2C)CC1. The number of aryl methyl sites for hydroxylation is 1. The second-order valence-corrected chi connectivity index (χ2v) is 9.72. The van der Waals surface area contributed by atoms with Crippen molar-refractivity contribution in [2.45, 2.75) is 38.6 Å². The second kappa shape index (κ2) is 9.23. The Labute approximate surface area is 184 Å². The Morgan fingerprint density at radius 1 is 1.13 bits per heavy atom. The number of benzene rings is 1. The van der Waals surface area contributed by atoms with Gasteiger partial charge in [0.1, 0.15) is 10.6 Å². The van der Waals surface area contributed by atoms with Crippen molar-refractivity contribution < 1.29 is 17.9 Å². The van der Waals surface area contributed by atoms with Gasteiger partial charge >= 0.3 is 0 Å². The number of para-hydroxylation sites is 1. The van der Waals surface area contributed by atoms with Gasteiger partial charge in [0.15, 0.2) is 0 Å². The van der Waals surface area contributed by atoms with Crippen LogP contribution in [0.3, 0.4) is 0 Å². The first-order valence-corrected chi connectivity index (χ1v) is 11.8. The molecule has 2 aromatic rings. The number of carbonyl (C=O) groups is 1. The molecule has 0 saturated carbocycles. The van der Waals surface area contributed by atoms with E-state index in [4.69, 9.17) is 4.74 Å². The summed E-state index contributed by atoms with van der Waals surface area (Å²) in [6.45, 7) is 8.63. The molecule has 0 radical (unpaired) electrons. The highest BCUT2D eigenvalue weighted by Crippen LogP contribution is 2.26. The molecular weight excluding hydrogens is 416 g/mol. The Bertz CT molecular complexity index is 1080. The van der Waals surface area contributed by atoms with Crippen LogP contribution in [0.25, 0.3) is 6.08 Å². The predicted octanol–water partition coefficient (Wildman–Crippen LogP) is 2.64. The lowest BCUT2D eigenvalue weighted by Gasteiger charge is -2.33. The first kappa shape index (κ1) is 23.0. The lowest BCUT2D eigenvalue weighted by atomic mass is 10.2. The number of nitrogens with zero attached hydrogens (tertiary/aromatic N) is 4. The van der Waals surface area contributed by atoms with Gasteiger partial charge in [-0.25, -0.2) is 8.42 Å². The molecule has 1 amide bonds. The van der Waals surface area contributed by atoms with Crippen LogP contribution >= 0.6 is 0 Å². The fourth-order valence-corrected chi connectivity index (χ4v) is 5.66. The molecule has 0 bridgehead atoms. The molecule has 3 rings (SSSR count). The number of rotatable bonds is 6. The van der Waals surface area contributed by atoms with Crippen LogP contribution in [0.4, 0.5) is 0 Å². The van der Waals surface area contributed by atoms with Crippen molar-refractivity contribution in [3.05, 3.63) is 47.3 Å². The third-order valence-corrected chi connectivity index (χ3v) is 7.59. The normalized spacial score (nSPS) is 15.7. The molecule has 1 aliphatic heterocycles. The van der Waals surface area contributed by atoms with Gasteiger partial charge in [0.05, 0.1) is 18.5 Å². The van der Waals surface area contributed by atoms with E-state index in [-0.39, 0.29) is 29.9 Å². The van der Waals surface area contributed by atoms with Gasteiger partial charge < -0.3 is 9.64 Å². The van der Waals surface area contributed by atoms with Crippen LogP contribution in [0.15, 0.2) is 35.2 Å². The number of methoxy groups -OCH3 is 1. The van der Waals surface area contributed by atoms with Crippen LogP contribution in [0.1, 0.15) is 36.8 Å². The molecule has 1 aromatic carbocycles. The quantitative estimate of drug-likeness (QED) is 0.637. The van der Waals surface area contributed by atoms with Gasteiger partial charge in [-0.1, -0.05) is 18.2 Å². The van der Waals surface area contributed by atoms with Gasteiger partial charge in [-0.3, -0.25) is 9.48 Å². The van der Waals surface area contributed by atoms with Crippen molar-refractivity contribution in [2.75, 3.05) is 33.3 Å². The second-order valence-electron chi connectivity index (χ2n) is 7.84. The van der Waals surface area contributed by atoms with E-state index in [2.05, 4.69) is 5.10 Å². The van der Waals surface area contributed by atoms with Crippen LogP contribution in [-0.2, 0) is 14.8 Å². The number of ether oxygens (including phenoxy) is 1. The molecule has 0 unspecified atom stereocenters. The Kier molecular flexibility index (Phi) is 6.86. The highest BCUT2D eigenvalue weighted by molar-refractivity contribution is 7.89. The van der Waals surface area contributed by atoms with Crippen LogP contribution in [-0.4, -0.2) is 66.6 Å². The number of sulfonamides is 1. The first-order chi connectivity index (χ1) is 14.7. The van der Waals surface area contributed by atoms with Crippen molar-refractivity contribution in [1.82, 2.24) is 19.0 Å². The average molecular weight is 447 g/mol. The van der Waals surface area contributed by atoms with Crippen LogP contribution in [0, 0.1) is 13.8 Å². The molecule has 0 aliphatic carbocycles. The number of piperazine rings is 1. The van der Waals surface area contributed by atoms with E-state index in [0.29, 0.717) is 30.2 Å². The van der Waals surface area contributed by atoms with Gasteiger partial charge in [0.2, 0.25) is 15.9 Å². The monoisotopic (exact) mass is 446 g/mol. The predicted molar refractivity (Wildman–Crippen MR) is 119 cm³/mol. The number of hydrogen-bond acceptors (Lipinski definition) is 5. The van der Waals surface area contributed by atoms with Gasteiger partial charge in [-0.05, 0) is 39.8 Å². The average Bonchev–Trinajstić information content (AvgIpc) is 3.07. The molecule has 1 fully saturated rings. The summed E-state index contributed by atoms with van der Waals surface area (Å²) >= 11 is 0. The van der Waals surface area contributed by atoms with Gasteiger partial charge in [-0.15, -0.1) is 0 Å². The first-order valence-electron chi connectivity index (χ1n) is 10.3. The molecule has 8 nitrogen and oxygen atoms in total. The van der Waals surface area contributed by atoms with Gasteiger partial charge in [0, 0.05) is 43.9 Å². The topological polar surface area (TPSA) is 84.7 Å². The molecule has 1 aliphatic rings. The Morgan fingerprint density at radius 2 is 1.77 bits per heavy atom.